The number of unbranched alkanes of at least 4 members (excludes halogenated alkanes) is 9. The quantitative estimate of drug-likeness (QED) is 0.169. The van der Waals surface area contributed by atoms with Gasteiger partial charge in [0.1, 0.15) is 0 Å². The number of aryl methyl sites for hydroxylation is 1. The first-order chi connectivity index (χ1) is 17.8. The minimum Gasteiger partial charge on any atom is -0.356 e. The largest absolute Gasteiger partial charge is 0.356 e. The average Bonchev–Trinajstić information content (AvgIpc) is 2.83. The summed E-state index contributed by atoms with van der Waals surface area (Å²) < 4.78 is 29.5. The van der Waals surface area contributed by atoms with Crippen LogP contribution >= 0.6 is 0 Å². The molecule has 4 saturated carbocycles. The Morgan fingerprint density at radius 2 is 1.30 bits per heavy atom. The van der Waals surface area contributed by atoms with Gasteiger partial charge in [0.25, 0.3) is 10.1 Å². The first-order valence-electron chi connectivity index (χ1n) is 15.1. The molecule has 0 atom stereocenters. The predicted octanol–water partition coefficient (Wildman–Crippen LogP) is 7.32. The van der Waals surface area contributed by atoms with Gasteiger partial charge in [-0.25, -0.2) is 0 Å². The number of carbonyl (C=O) groups is 1. The zero-order valence-electron chi connectivity index (χ0n) is 23.0. The van der Waals surface area contributed by atoms with Crippen molar-refractivity contribution in [1.29, 1.82) is 0 Å². The summed E-state index contributed by atoms with van der Waals surface area (Å²) >= 11 is 0. The minimum atomic E-state index is -3.63. The van der Waals surface area contributed by atoms with Crippen LogP contribution in [0.2, 0.25) is 0 Å². The minimum absolute atomic E-state index is 0.234. The number of benzene rings is 1. The van der Waals surface area contributed by atoms with Crippen molar-refractivity contribution in [3.05, 3.63) is 29.8 Å². The van der Waals surface area contributed by atoms with E-state index in [1.807, 2.05) is 6.92 Å². The van der Waals surface area contributed by atoms with E-state index in [-0.39, 0.29) is 11.5 Å². The number of hydrogen-bond acceptors (Lipinski definition) is 4. The second-order valence-electron chi connectivity index (χ2n) is 12.6. The smallest absolute Gasteiger partial charge is 0.296 e. The maximum Gasteiger partial charge on any atom is 0.296 e. The van der Waals surface area contributed by atoms with Gasteiger partial charge in [0.2, 0.25) is 5.91 Å². The lowest BCUT2D eigenvalue weighted by atomic mass is 9.49. The van der Waals surface area contributed by atoms with Crippen molar-refractivity contribution in [2.45, 2.75) is 121 Å². The van der Waals surface area contributed by atoms with Gasteiger partial charge >= 0.3 is 0 Å². The number of carbonyl (C=O) groups excluding carboxylic acids is 1. The fourth-order valence-corrected chi connectivity index (χ4v) is 8.66. The second kappa shape index (κ2) is 13.6. The molecule has 208 valence electrons. The lowest BCUT2D eigenvalue weighted by molar-refractivity contribution is -0.129. The maximum absolute atomic E-state index is 12.6. The van der Waals surface area contributed by atoms with Crippen molar-refractivity contribution in [2.24, 2.45) is 23.2 Å². The normalized spacial score (nSPS) is 26.5. The van der Waals surface area contributed by atoms with Gasteiger partial charge in [-0.2, -0.15) is 8.42 Å². The Morgan fingerprint density at radius 1 is 0.811 bits per heavy atom. The van der Waals surface area contributed by atoms with Gasteiger partial charge in [-0.1, -0.05) is 69.1 Å². The highest BCUT2D eigenvalue weighted by Gasteiger charge is 2.51. The Balaban J connectivity index is 0.927. The Hall–Kier alpha value is -1.40. The van der Waals surface area contributed by atoms with Crippen LogP contribution in [-0.2, 0) is 19.1 Å². The average molecular weight is 532 g/mol. The van der Waals surface area contributed by atoms with E-state index in [0.29, 0.717) is 11.3 Å². The molecule has 0 aromatic heterocycles. The van der Waals surface area contributed by atoms with Crippen LogP contribution in [0.4, 0.5) is 0 Å². The first kappa shape index (κ1) is 28.6. The summed E-state index contributed by atoms with van der Waals surface area (Å²) in [5, 5.41) is 3.23. The summed E-state index contributed by atoms with van der Waals surface area (Å²) in [4.78, 5) is 12.8. The molecule has 0 aliphatic heterocycles. The van der Waals surface area contributed by atoms with Crippen molar-refractivity contribution in [1.82, 2.24) is 5.32 Å². The van der Waals surface area contributed by atoms with E-state index >= 15 is 0 Å². The van der Waals surface area contributed by atoms with Crippen molar-refractivity contribution < 1.29 is 17.4 Å². The second-order valence-corrected chi connectivity index (χ2v) is 14.2. The van der Waals surface area contributed by atoms with Gasteiger partial charge in [0.15, 0.2) is 0 Å². The number of amides is 1. The Kier molecular flexibility index (Phi) is 10.5. The van der Waals surface area contributed by atoms with E-state index in [0.717, 1.165) is 62.0 Å². The van der Waals surface area contributed by atoms with Gasteiger partial charge in [-0.15, -0.1) is 0 Å². The van der Waals surface area contributed by atoms with Crippen LogP contribution in [0.15, 0.2) is 29.2 Å². The van der Waals surface area contributed by atoms with E-state index in [9.17, 15) is 13.2 Å². The molecule has 0 radical (unpaired) electrons. The molecule has 0 heterocycles. The fraction of sp³-hybridized carbons (Fsp3) is 0.774. The molecule has 37 heavy (non-hydrogen) atoms. The number of rotatable bonds is 17. The molecule has 1 N–H and O–H groups in total. The molecule has 4 aliphatic rings. The summed E-state index contributed by atoms with van der Waals surface area (Å²) in [6, 6.07) is 6.78. The van der Waals surface area contributed by atoms with E-state index < -0.39 is 10.1 Å². The summed E-state index contributed by atoms with van der Waals surface area (Å²) in [6.07, 6.45) is 20.5. The molecule has 4 fully saturated rings. The van der Waals surface area contributed by atoms with Crippen LogP contribution in [0.1, 0.15) is 115 Å². The predicted molar refractivity (Wildman–Crippen MR) is 149 cm³/mol. The standard InChI is InChI=1S/C31H49NO4S/c1-25-12-14-29(15-13-25)37(34,35)36-17-11-9-7-5-3-2-4-6-8-10-16-32-30(33)24-31-21-26-18-27(22-31)20-28(19-26)23-31/h12-15,26-28H,2-11,16-24H2,1H3,(H,32,33). The van der Waals surface area contributed by atoms with E-state index in [1.54, 1.807) is 24.3 Å². The van der Waals surface area contributed by atoms with E-state index in [4.69, 9.17) is 4.18 Å². The highest BCUT2D eigenvalue weighted by atomic mass is 32.2. The Labute approximate surface area is 225 Å². The SMILES string of the molecule is Cc1ccc(S(=O)(=O)OCCCCCCCCCCCCNC(=O)CC23CC4CC(CC(C4)C2)C3)cc1. The van der Waals surface area contributed by atoms with Crippen LogP contribution in [0.3, 0.4) is 0 Å². The summed E-state index contributed by atoms with van der Waals surface area (Å²) in [5.41, 5.74) is 1.38. The van der Waals surface area contributed by atoms with Crippen LogP contribution in [0, 0.1) is 30.1 Å². The van der Waals surface area contributed by atoms with E-state index in [2.05, 4.69) is 5.32 Å². The Bertz CT molecular complexity index is 921. The lowest BCUT2D eigenvalue weighted by Crippen LogP contribution is -2.48. The molecule has 4 aliphatic carbocycles. The molecule has 6 heteroatoms. The highest BCUT2D eigenvalue weighted by molar-refractivity contribution is 7.86. The lowest BCUT2D eigenvalue weighted by Gasteiger charge is -2.56. The molecule has 5 nitrogen and oxygen atoms in total. The molecule has 1 aromatic carbocycles. The fourth-order valence-electron chi connectivity index (χ4n) is 7.72. The molecule has 0 saturated heterocycles. The van der Waals surface area contributed by atoms with Crippen LogP contribution in [0.5, 0.6) is 0 Å². The van der Waals surface area contributed by atoms with Gasteiger partial charge < -0.3 is 5.32 Å². The topological polar surface area (TPSA) is 72.5 Å². The van der Waals surface area contributed by atoms with Crippen LogP contribution in [-0.4, -0.2) is 27.5 Å². The third kappa shape index (κ3) is 8.81. The van der Waals surface area contributed by atoms with Gasteiger partial charge in [-0.05, 0) is 93.6 Å². The summed E-state index contributed by atoms with van der Waals surface area (Å²) in [5.74, 6) is 3.06. The number of hydrogen-bond donors (Lipinski definition) is 1. The first-order valence-corrected chi connectivity index (χ1v) is 16.5. The third-order valence-corrected chi connectivity index (χ3v) is 10.5. The van der Waals surface area contributed by atoms with Gasteiger partial charge in [0, 0.05) is 13.0 Å². The molecule has 0 spiro atoms. The summed E-state index contributed by atoms with van der Waals surface area (Å²) in [7, 11) is -3.63. The zero-order chi connectivity index (χ0) is 26.1. The highest BCUT2D eigenvalue weighted by Crippen LogP contribution is 2.61. The van der Waals surface area contributed by atoms with Crippen molar-refractivity contribution in [2.75, 3.05) is 13.2 Å². The molecule has 4 bridgehead atoms. The van der Waals surface area contributed by atoms with Gasteiger partial charge in [-0.3, -0.25) is 8.98 Å². The van der Waals surface area contributed by atoms with Crippen LogP contribution < -0.4 is 5.32 Å². The summed E-state index contributed by atoms with van der Waals surface area (Å²) in [6.45, 7) is 3.03. The molecule has 1 aromatic rings. The maximum atomic E-state index is 12.6. The molecular weight excluding hydrogens is 482 g/mol. The Morgan fingerprint density at radius 3 is 1.84 bits per heavy atom. The van der Waals surface area contributed by atoms with Gasteiger partial charge in [0.05, 0.1) is 11.5 Å². The number of nitrogens with one attached hydrogen (secondary N) is 1. The monoisotopic (exact) mass is 531 g/mol. The van der Waals surface area contributed by atoms with Crippen molar-refractivity contribution >= 4 is 16.0 Å². The van der Waals surface area contributed by atoms with Crippen LogP contribution in [0.25, 0.3) is 0 Å². The van der Waals surface area contributed by atoms with Crippen molar-refractivity contribution in [3.8, 4) is 0 Å². The zero-order valence-corrected chi connectivity index (χ0v) is 23.8. The molecule has 5 rings (SSSR count). The molecule has 1 amide bonds. The molecule has 0 unspecified atom stereocenters. The van der Waals surface area contributed by atoms with Crippen molar-refractivity contribution in [3.63, 3.8) is 0 Å². The van der Waals surface area contributed by atoms with E-state index in [1.165, 1.54) is 77.0 Å². The third-order valence-electron chi connectivity index (χ3n) is 9.14. The molecular formula is C31H49NO4S.